The van der Waals surface area contributed by atoms with E-state index in [-0.39, 0.29) is 11.9 Å². The highest BCUT2D eigenvalue weighted by atomic mass is 32.1. The van der Waals surface area contributed by atoms with E-state index in [0.29, 0.717) is 26.3 Å². The minimum Gasteiger partial charge on any atom is -0.382 e. The number of hydrogen-bond donors (Lipinski definition) is 0. The molecule has 0 radical (unpaired) electrons. The van der Waals surface area contributed by atoms with Crippen LogP contribution in [0.2, 0.25) is 0 Å². The maximum absolute atomic E-state index is 13.1. The van der Waals surface area contributed by atoms with Crippen molar-refractivity contribution < 1.29 is 9.53 Å². The highest BCUT2D eigenvalue weighted by Gasteiger charge is 2.29. The lowest BCUT2D eigenvalue weighted by Crippen LogP contribution is -2.41. The van der Waals surface area contributed by atoms with Gasteiger partial charge in [-0.1, -0.05) is 18.2 Å². The molecular formula is C19H21N3O2S. The molecule has 0 aliphatic carbocycles. The van der Waals surface area contributed by atoms with Crippen molar-refractivity contribution in [3.05, 3.63) is 53.2 Å². The van der Waals surface area contributed by atoms with E-state index >= 15 is 0 Å². The summed E-state index contributed by atoms with van der Waals surface area (Å²) in [5, 5.41) is 5.57. The number of carbonyl (C=O) groups excluding carboxylic acids is 1. The lowest BCUT2D eigenvalue weighted by Gasteiger charge is -2.33. The summed E-state index contributed by atoms with van der Waals surface area (Å²) >= 11 is 1.57. The molecule has 1 aliphatic heterocycles. The Kier molecular flexibility index (Phi) is 4.55. The molecule has 4 rings (SSSR count). The highest BCUT2D eigenvalue weighted by molar-refractivity contribution is 7.20. The van der Waals surface area contributed by atoms with Gasteiger partial charge in [-0.2, -0.15) is 5.10 Å². The monoisotopic (exact) mass is 355 g/mol. The fourth-order valence-electron chi connectivity index (χ4n) is 3.36. The van der Waals surface area contributed by atoms with Crippen LogP contribution in [0.25, 0.3) is 10.1 Å². The Labute approximate surface area is 150 Å². The molecule has 0 saturated carbocycles. The summed E-state index contributed by atoms with van der Waals surface area (Å²) in [4.78, 5) is 15.8. The molecule has 1 aliphatic rings. The smallest absolute Gasteiger partial charge is 0.264 e. The van der Waals surface area contributed by atoms with Gasteiger partial charge in [-0.15, -0.1) is 11.3 Å². The molecule has 130 valence electrons. The molecule has 1 aromatic carbocycles. The summed E-state index contributed by atoms with van der Waals surface area (Å²) in [5.74, 6) is 0.107. The maximum atomic E-state index is 13.1. The predicted molar refractivity (Wildman–Crippen MR) is 98.9 cm³/mol. The van der Waals surface area contributed by atoms with E-state index < -0.39 is 0 Å². The van der Waals surface area contributed by atoms with Crippen molar-refractivity contribution in [3.8, 4) is 0 Å². The van der Waals surface area contributed by atoms with Crippen LogP contribution in [-0.4, -0.2) is 40.3 Å². The normalized spacial score (nSPS) is 17.0. The predicted octanol–water partition coefficient (Wildman–Crippen LogP) is 3.72. The van der Waals surface area contributed by atoms with E-state index in [1.165, 1.54) is 0 Å². The topological polar surface area (TPSA) is 47.4 Å². The fraction of sp³-hybridized carbons (Fsp3) is 0.368. The summed E-state index contributed by atoms with van der Waals surface area (Å²) in [6.07, 6.45) is 2.68. The van der Waals surface area contributed by atoms with Gasteiger partial charge in [0.05, 0.1) is 23.2 Å². The van der Waals surface area contributed by atoms with E-state index in [0.717, 1.165) is 27.1 Å². The minimum absolute atomic E-state index is 0.107. The molecule has 5 nitrogen and oxygen atoms in total. The van der Waals surface area contributed by atoms with Gasteiger partial charge in [0.1, 0.15) is 0 Å². The second-order valence-electron chi connectivity index (χ2n) is 6.24. The summed E-state index contributed by atoms with van der Waals surface area (Å²) in [5.41, 5.74) is 1.09. The van der Waals surface area contributed by atoms with Crippen molar-refractivity contribution in [1.82, 2.24) is 14.7 Å². The Hall–Kier alpha value is -2.18. The Balaban J connectivity index is 1.56. The Morgan fingerprint density at radius 1 is 1.36 bits per heavy atom. The van der Waals surface area contributed by atoms with Crippen LogP contribution < -0.4 is 0 Å². The van der Waals surface area contributed by atoms with Gasteiger partial charge >= 0.3 is 0 Å². The van der Waals surface area contributed by atoms with E-state index in [4.69, 9.17) is 4.74 Å². The fourth-order valence-corrected chi connectivity index (χ4v) is 4.39. The summed E-state index contributed by atoms with van der Waals surface area (Å²) in [6.45, 7) is 4.68. The van der Waals surface area contributed by atoms with Crippen LogP contribution in [0.4, 0.5) is 0 Å². The van der Waals surface area contributed by atoms with Crippen LogP contribution in [0.3, 0.4) is 0 Å². The first-order valence-corrected chi connectivity index (χ1v) is 9.46. The molecule has 1 amide bonds. The minimum atomic E-state index is 0.107. The molecule has 2 aromatic heterocycles. The number of aromatic nitrogens is 2. The van der Waals surface area contributed by atoms with Crippen LogP contribution in [0.1, 0.15) is 34.8 Å². The lowest BCUT2D eigenvalue weighted by atomic mass is 10.1. The molecule has 6 heteroatoms. The second-order valence-corrected chi connectivity index (χ2v) is 7.32. The van der Waals surface area contributed by atoms with E-state index in [9.17, 15) is 4.79 Å². The highest BCUT2D eigenvalue weighted by Crippen LogP contribution is 2.29. The first kappa shape index (κ1) is 16.3. The van der Waals surface area contributed by atoms with Crippen LogP contribution in [0.5, 0.6) is 0 Å². The Morgan fingerprint density at radius 3 is 3.08 bits per heavy atom. The second kappa shape index (κ2) is 6.98. The zero-order chi connectivity index (χ0) is 17.2. The van der Waals surface area contributed by atoms with Crippen molar-refractivity contribution in [1.29, 1.82) is 0 Å². The number of nitrogens with zero attached hydrogens (tertiary/aromatic N) is 3. The van der Waals surface area contributed by atoms with Gasteiger partial charge in [0.2, 0.25) is 0 Å². The van der Waals surface area contributed by atoms with Crippen molar-refractivity contribution in [2.45, 2.75) is 25.9 Å². The third-order valence-electron chi connectivity index (χ3n) is 4.61. The molecule has 25 heavy (non-hydrogen) atoms. The number of thiophene rings is 1. The Morgan fingerprint density at radius 2 is 2.24 bits per heavy atom. The van der Waals surface area contributed by atoms with Crippen LogP contribution in [-0.2, 0) is 11.3 Å². The summed E-state index contributed by atoms with van der Waals surface area (Å²) in [7, 11) is 0. The van der Waals surface area contributed by atoms with Crippen LogP contribution in [0, 0.1) is 0 Å². The van der Waals surface area contributed by atoms with Crippen LogP contribution in [0.15, 0.2) is 42.6 Å². The zero-order valence-corrected chi connectivity index (χ0v) is 15.0. The first-order valence-electron chi connectivity index (χ1n) is 8.64. The van der Waals surface area contributed by atoms with Gasteiger partial charge in [-0.3, -0.25) is 9.48 Å². The van der Waals surface area contributed by atoms with E-state index in [1.807, 2.05) is 47.0 Å². The average molecular weight is 355 g/mol. The van der Waals surface area contributed by atoms with Crippen molar-refractivity contribution in [3.63, 3.8) is 0 Å². The lowest BCUT2D eigenvalue weighted by molar-refractivity contribution is 0.0630. The molecule has 0 unspecified atom stereocenters. The third-order valence-corrected chi connectivity index (χ3v) is 5.71. The zero-order valence-electron chi connectivity index (χ0n) is 14.2. The number of amides is 1. The van der Waals surface area contributed by atoms with Gasteiger partial charge in [0, 0.05) is 30.7 Å². The standard InChI is InChI=1S/C19H21N3O2S/c1-2-24-10-8-16-13-21(12-15-7-9-20-22(15)16)19(23)18-11-14-5-3-4-6-17(14)25-18/h3-7,9,11,16H,2,8,10,12-13H2,1H3/t16-/m1/s1. The van der Waals surface area contributed by atoms with Gasteiger partial charge in [-0.05, 0) is 36.9 Å². The average Bonchev–Trinajstić information content (AvgIpc) is 3.27. The van der Waals surface area contributed by atoms with E-state index in [1.54, 1.807) is 11.3 Å². The van der Waals surface area contributed by atoms with Crippen LogP contribution >= 0.6 is 11.3 Å². The molecule has 0 saturated heterocycles. The number of hydrogen-bond acceptors (Lipinski definition) is 4. The van der Waals surface area contributed by atoms with Gasteiger partial charge in [0.25, 0.3) is 5.91 Å². The number of benzene rings is 1. The molecule has 1 atom stereocenters. The molecule has 3 aromatic rings. The largest absolute Gasteiger partial charge is 0.382 e. The Bertz CT molecular complexity index is 853. The molecule has 0 spiro atoms. The summed E-state index contributed by atoms with van der Waals surface area (Å²) in [6, 6.07) is 12.3. The van der Waals surface area contributed by atoms with Gasteiger partial charge in [-0.25, -0.2) is 0 Å². The first-order chi connectivity index (χ1) is 12.3. The van der Waals surface area contributed by atoms with Crippen molar-refractivity contribution in [2.75, 3.05) is 19.8 Å². The number of ether oxygens (including phenoxy) is 1. The molecule has 3 heterocycles. The van der Waals surface area contributed by atoms with Crippen molar-refractivity contribution in [2.24, 2.45) is 0 Å². The molecule has 0 bridgehead atoms. The molecule has 0 fully saturated rings. The van der Waals surface area contributed by atoms with Gasteiger partial charge in [0.15, 0.2) is 0 Å². The number of rotatable bonds is 5. The maximum Gasteiger partial charge on any atom is 0.264 e. The number of fused-ring (bicyclic) bond motifs is 2. The SMILES string of the molecule is CCOCC[C@@H]1CN(C(=O)c2cc3ccccc3s2)Cc2ccnn21. The van der Waals surface area contributed by atoms with E-state index in [2.05, 4.69) is 17.2 Å². The number of carbonyl (C=O) groups is 1. The quantitative estimate of drug-likeness (QED) is 0.655. The molecular weight excluding hydrogens is 334 g/mol. The molecule has 0 N–H and O–H groups in total. The van der Waals surface area contributed by atoms with Crippen molar-refractivity contribution >= 4 is 27.3 Å². The summed E-state index contributed by atoms with van der Waals surface area (Å²) < 4.78 is 8.71. The van der Waals surface area contributed by atoms with Gasteiger partial charge < -0.3 is 9.64 Å². The third kappa shape index (κ3) is 3.19.